The van der Waals surface area contributed by atoms with Gasteiger partial charge in [-0.15, -0.1) is 0 Å². The summed E-state index contributed by atoms with van der Waals surface area (Å²) < 4.78 is 5.37. The molecule has 0 saturated heterocycles. The largest absolute Gasteiger partial charge is 0.416 e. The van der Waals surface area contributed by atoms with Gasteiger partial charge in [0, 0.05) is 5.56 Å². The Labute approximate surface area is 112 Å². The van der Waals surface area contributed by atoms with Gasteiger partial charge in [-0.05, 0) is 18.6 Å². The average Bonchev–Trinajstić information content (AvgIpc) is 2.47. The second-order valence-electron chi connectivity index (χ2n) is 4.69. The Morgan fingerprint density at radius 3 is 2.53 bits per heavy atom. The van der Waals surface area contributed by atoms with Crippen LogP contribution in [0.1, 0.15) is 24.1 Å². The predicted octanol–water partition coefficient (Wildman–Crippen LogP) is 3.76. The predicted molar refractivity (Wildman–Crippen MR) is 72.9 cm³/mol. The van der Waals surface area contributed by atoms with Crippen LogP contribution >= 0.6 is 0 Å². The van der Waals surface area contributed by atoms with Crippen molar-refractivity contribution < 1.29 is 9.53 Å². The maximum absolute atomic E-state index is 12.1. The molecule has 0 N–H and O–H groups in total. The molecule has 19 heavy (non-hydrogen) atoms. The first-order chi connectivity index (χ1) is 9.25. The lowest BCUT2D eigenvalue weighted by Gasteiger charge is -2.32. The number of carbonyl (C=O) groups is 1. The quantitative estimate of drug-likeness (QED) is 0.815. The maximum Gasteiger partial charge on any atom is 0.416 e. The van der Waals surface area contributed by atoms with Crippen LogP contribution in [0.25, 0.3) is 0 Å². The van der Waals surface area contributed by atoms with Crippen molar-refractivity contribution in [3.63, 3.8) is 0 Å². The number of fused-ring (bicyclic) bond motifs is 1. The molecule has 0 aliphatic carbocycles. The summed E-state index contributed by atoms with van der Waals surface area (Å²) >= 11 is 0. The minimum atomic E-state index is -0.282. The molecular formula is C16H15NO2. The number of rotatable bonds is 2. The van der Waals surface area contributed by atoms with Gasteiger partial charge in [0.1, 0.15) is 5.75 Å². The van der Waals surface area contributed by atoms with Crippen molar-refractivity contribution in [1.29, 1.82) is 0 Å². The van der Waals surface area contributed by atoms with E-state index in [0.717, 1.165) is 11.1 Å². The molecule has 1 amide bonds. The highest BCUT2D eigenvalue weighted by Crippen LogP contribution is 2.31. The molecule has 0 saturated carbocycles. The minimum Gasteiger partial charge on any atom is -0.410 e. The van der Waals surface area contributed by atoms with Crippen LogP contribution in [0.3, 0.4) is 0 Å². The van der Waals surface area contributed by atoms with Crippen LogP contribution in [0.4, 0.5) is 4.79 Å². The van der Waals surface area contributed by atoms with Crippen molar-refractivity contribution in [2.45, 2.75) is 19.5 Å². The number of amides is 1. The van der Waals surface area contributed by atoms with Crippen molar-refractivity contribution >= 4 is 6.09 Å². The number of hydrogen-bond acceptors (Lipinski definition) is 2. The SMILES string of the molecule is CC(c1ccccc1)N1Cc2ccccc2OC1=O. The molecule has 3 heteroatoms. The first-order valence-corrected chi connectivity index (χ1v) is 6.37. The van der Waals surface area contributed by atoms with Crippen LogP contribution in [-0.2, 0) is 6.54 Å². The molecule has 1 atom stereocenters. The number of benzene rings is 2. The highest BCUT2D eigenvalue weighted by atomic mass is 16.6. The number of nitrogens with zero attached hydrogens (tertiary/aromatic N) is 1. The van der Waals surface area contributed by atoms with Gasteiger partial charge in [0.25, 0.3) is 0 Å². The monoisotopic (exact) mass is 253 g/mol. The van der Waals surface area contributed by atoms with Gasteiger partial charge < -0.3 is 4.74 Å². The van der Waals surface area contributed by atoms with Crippen molar-refractivity contribution in [2.75, 3.05) is 0 Å². The molecule has 1 heterocycles. The number of ether oxygens (including phenoxy) is 1. The van der Waals surface area contributed by atoms with Gasteiger partial charge in [0.15, 0.2) is 0 Å². The van der Waals surface area contributed by atoms with E-state index in [9.17, 15) is 4.79 Å². The summed E-state index contributed by atoms with van der Waals surface area (Å²) in [6.07, 6.45) is -0.282. The molecule has 2 aromatic carbocycles. The van der Waals surface area contributed by atoms with Crippen LogP contribution in [0.5, 0.6) is 5.75 Å². The molecule has 0 fully saturated rings. The zero-order chi connectivity index (χ0) is 13.2. The van der Waals surface area contributed by atoms with E-state index in [2.05, 4.69) is 0 Å². The van der Waals surface area contributed by atoms with E-state index >= 15 is 0 Å². The third-order valence-corrected chi connectivity index (χ3v) is 3.49. The summed E-state index contributed by atoms with van der Waals surface area (Å²) in [4.78, 5) is 13.8. The zero-order valence-corrected chi connectivity index (χ0v) is 10.7. The standard InChI is InChI=1S/C16H15NO2/c1-12(13-7-3-2-4-8-13)17-11-14-9-5-6-10-15(14)19-16(17)18/h2-10,12H,11H2,1H3. The Morgan fingerprint density at radius 1 is 1.05 bits per heavy atom. The van der Waals surface area contributed by atoms with E-state index in [0.29, 0.717) is 12.3 Å². The highest BCUT2D eigenvalue weighted by molar-refractivity contribution is 5.73. The van der Waals surface area contributed by atoms with Gasteiger partial charge in [-0.2, -0.15) is 0 Å². The molecule has 3 nitrogen and oxygen atoms in total. The van der Waals surface area contributed by atoms with Crippen LogP contribution < -0.4 is 4.74 Å². The van der Waals surface area contributed by atoms with Crippen molar-refractivity contribution in [2.24, 2.45) is 0 Å². The van der Waals surface area contributed by atoms with Crippen molar-refractivity contribution in [3.8, 4) is 5.75 Å². The first kappa shape index (κ1) is 11.8. The topological polar surface area (TPSA) is 29.5 Å². The number of hydrogen-bond donors (Lipinski definition) is 0. The molecule has 0 bridgehead atoms. The highest BCUT2D eigenvalue weighted by Gasteiger charge is 2.28. The average molecular weight is 253 g/mol. The fraction of sp³-hybridized carbons (Fsp3) is 0.188. The first-order valence-electron chi connectivity index (χ1n) is 6.37. The summed E-state index contributed by atoms with van der Waals surface area (Å²) in [5.41, 5.74) is 2.16. The Kier molecular flexibility index (Phi) is 2.95. The second-order valence-corrected chi connectivity index (χ2v) is 4.69. The van der Waals surface area contributed by atoms with E-state index < -0.39 is 0 Å². The summed E-state index contributed by atoms with van der Waals surface area (Å²) in [5.74, 6) is 0.670. The van der Waals surface area contributed by atoms with Crippen LogP contribution in [0.15, 0.2) is 54.6 Å². The fourth-order valence-corrected chi connectivity index (χ4v) is 2.34. The van der Waals surface area contributed by atoms with Crippen LogP contribution in [0, 0.1) is 0 Å². The molecular weight excluding hydrogens is 238 g/mol. The Balaban J connectivity index is 1.89. The zero-order valence-electron chi connectivity index (χ0n) is 10.7. The molecule has 96 valence electrons. The molecule has 1 aliphatic heterocycles. The van der Waals surface area contributed by atoms with Crippen molar-refractivity contribution in [1.82, 2.24) is 4.90 Å². The van der Waals surface area contributed by atoms with E-state index in [1.165, 1.54) is 0 Å². The van der Waals surface area contributed by atoms with Crippen molar-refractivity contribution in [3.05, 3.63) is 65.7 Å². The lowest BCUT2D eigenvalue weighted by Crippen LogP contribution is -2.38. The summed E-state index contributed by atoms with van der Waals surface area (Å²) in [6.45, 7) is 2.61. The third-order valence-electron chi connectivity index (χ3n) is 3.49. The van der Waals surface area contributed by atoms with Gasteiger partial charge in [0.2, 0.25) is 0 Å². The summed E-state index contributed by atoms with van der Waals surface area (Å²) in [7, 11) is 0. The normalized spacial score (nSPS) is 15.6. The van der Waals surface area contributed by atoms with Gasteiger partial charge in [-0.1, -0.05) is 48.5 Å². The Bertz CT molecular complexity index is 595. The Hall–Kier alpha value is -2.29. The van der Waals surface area contributed by atoms with E-state index in [1.807, 2.05) is 61.5 Å². The van der Waals surface area contributed by atoms with Gasteiger partial charge in [0.05, 0.1) is 12.6 Å². The Morgan fingerprint density at radius 2 is 1.74 bits per heavy atom. The number of carbonyl (C=O) groups excluding carboxylic acids is 1. The van der Waals surface area contributed by atoms with Crippen LogP contribution in [-0.4, -0.2) is 11.0 Å². The third kappa shape index (κ3) is 2.19. The minimum absolute atomic E-state index is 0.00190. The summed E-state index contributed by atoms with van der Waals surface area (Å²) in [6, 6.07) is 17.7. The lowest BCUT2D eigenvalue weighted by molar-refractivity contribution is 0.119. The molecule has 2 aromatic rings. The lowest BCUT2D eigenvalue weighted by atomic mass is 10.1. The molecule has 1 aliphatic rings. The van der Waals surface area contributed by atoms with E-state index in [4.69, 9.17) is 4.74 Å². The maximum atomic E-state index is 12.1. The molecule has 1 unspecified atom stereocenters. The van der Waals surface area contributed by atoms with E-state index in [-0.39, 0.29) is 12.1 Å². The van der Waals surface area contributed by atoms with E-state index in [1.54, 1.807) is 4.90 Å². The van der Waals surface area contributed by atoms with Gasteiger partial charge in [-0.3, -0.25) is 4.90 Å². The second kappa shape index (κ2) is 4.76. The smallest absolute Gasteiger partial charge is 0.410 e. The number of para-hydroxylation sites is 1. The molecule has 0 radical (unpaired) electrons. The van der Waals surface area contributed by atoms with Crippen LogP contribution in [0.2, 0.25) is 0 Å². The molecule has 0 spiro atoms. The van der Waals surface area contributed by atoms with Gasteiger partial charge >= 0.3 is 6.09 Å². The summed E-state index contributed by atoms with van der Waals surface area (Å²) in [5, 5.41) is 0. The molecule has 0 aromatic heterocycles. The molecule has 3 rings (SSSR count). The fourth-order valence-electron chi connectivity index (χ4n) is 2.34. The van der Waals surface area contributed by atoms with Gasteiger partial charge in [-0.25, -0.2) is 4.79 Å².